The van der Waals surface area contributed by atoms with Crippen LogP contribution in [0.25, 0.3) is 0 Å². The van der Waals surface area contributed by atoms with Crippen molar-refractivity contribution in [3.05, 3.63) is 29.8 Å². The molecule has 3 rings (SSSR count). The molecule has 1 aromatic carbocycles. The van der Waals surface area contributed by atoms with E-state index in [1.54, 1.807) is 0 Å². The van der Waals surface area contributed by atoms with Crippen LogP contribution in [0.1, 0.15) is 37.7 Å². The molecule has 0 saturated carbocycles. The Bertz CT molecular complexity index is 429. The second-order valence-electron chi connectivity index (χ2n) is 5.89. The second kappa shape index (κ2) is 6.59. The van der Waals surface area contributed by atoms with Crippen LogP contribution in [0.2, 0.25) is 0 Å². The lowest BCUT2D eigenvalue weighted by molar-refractivity contribution is 0.0485. The monoisotopic (exact) mass is 275 g/mol. The van der Waals surface area contributed by atoms with Crippen molar-refractivity contribution in [1.82, 2.24) is 5.32 Å². The number of nitrogens with one attached hydrogen (secondary N) is 1. The quantitative estimate of drug-likeness (QED) is 0.896. The Hall–Kier alpha value is -1.06. The summed E-state index contributed by atoms with van der Waals surface area (Å²) in [6, 6.07) is 9.02. The lowest BCUT2D eigenvalue weighted by Gasteiger charge is -2.34. The third-order valence-electron chi connectivity index (χ3n) is 4.57. The molecular formula is C17H25NO2. The van der Waals surface area contributed by atoms with Gasteiger partial charge in [0, 0.05) is 30.7 Å². The fourth-order valence-corrected chi connectivity index (χ4v) is 3.51. The van der Waals surface area contributed by atoms with E-state index < -0.39 is 0 Å². The zero-order valence-corrected chi connectivity index (χ0v) is 12.3. The Morgan fingerprint density at radius 3 is 2.85 bits per heavy atom. The van der Waals surface area contributed by atoms with Gasteiger partial charge in [0.15, 0.2) is 0 Å². The summed E-state index contributed by atoms with van der Waals surface area (Å²) in [7, 11) is 0. The van der Waals surface area contributed by atoms with E-state index in [4.69, 9.17) is 9.47 Å². The Balaban J connectivity index is 1.78. The van der Waals surface area contributed by atoms with Crippen LogP contribution in [0, 0.1) is 5.92 Å². The van der Waals surface area contributed by atoms with Crippen molar-refractivity contribution < 1.29 is 9.47 Å². The average Bonchev–Trinajstić information content (AvgIpc) is 2.93. The predicted octanol–water partition coefficient (Wildman–Crippen LogP) is 2.96. The molecule has 0 spiro atoms. The molecule has 0 amide bonds. The summed E-state index contributed by atoms with van der Waals surface area (Å²) in [5.41, 5.74) is 1.38. The van der Waals surface area contributed by atoms with E-state index in [0.717, 1.165) is 32.1 Å². The minimum Gasteiger partial charge on any atom is -0.493 e. The molecule has 2 unspecified atom stereocenters. The Kier molecular flexibility index (Phi) is 4.58. The first-order chi connectivity index (χ1) is 9.90. The number of ether oxygens (including phenoxy) is 2. The second-order valence-corrected chi connectivity index (χ2v) is 5.89. The molecular weight excluding hydrogens is 250 g/mol. The van der Waals surface area contributed by atoms with Crippen molar-refractivity contribution in [2.75, 3.05) is 26.4 Å². The molecule has 110 valence electrons. The zero-order valence-electron chi connectivity index (χ0n) is 12.3. The van der Waals surface area contributed by atoms with Gasteiger partial charge >= 0.3 is 0 Å². The predicted molar refractivity (Wildman–Crippen MR) is 80.3 cm³/mol. The summed E-state index contributed by atoms with van der Waals surface area (Å²) >= 11 is 0. The highest BCUT2D eigenvalue weighted by Gasteiger charge is 2.36. The topological polar surface area (TPSA) is 30.5 Å². The molecule has 2 aliphatic rings. The molecule has 2 aliphatic heterocycles. The maximum atomic E-state index is 5.89. The Morgan fingerprint density at radius 1 is 1.25 bits per heavy atom. The Morgan fingerprint density at radius 2 is 2.05 bits per heavy atom. The number of benzene rings is 1. The van der Waals surface area contributed by atoms with Crippen LogP contribution in [0.4, 0.5) is 0 Å². The van der Waals surface area contributed by atoms with Crippen LogP contribution in [-0.2, 0) is 4.74 Å². The zero-order chi connectivity index (χ0) is 13.8. The highest BCUT2D eigenvalue weighted by atomic mass is 16.5. The lowest BCUT2D eigenvalue weighted by atomic mass is 9.81. The smallest absolute Gasteiger partial charge is 0.122 e. The van der Waals surface area contributed by atoms with E-state index in [2.05, 4.69) is 36.5 Å². The SMILES string of the molecule is CCCNC(C1CCOCC1)C1COc2ccccc21. The van der Waals surface area contributed by atoms with E-state index in [1.807, 2.05) is 0 Å². The summed E-state index contributed by atoms with van der Waals surface area (Å²) in [6.07, 6.45) is 3.51. The number of para-hydroxylation sites is 1. The lowest BCUT2D eigenvalue weighted by Crippen LogP contribution is -2.44. The Labute approximate surface area is 121 Å². The molecule has 0 aliphatic carbocycles. The van der Waals surface area contributed by atoms with Crippen molar-refractivity contribution in [3.63, 3.8) is 0 Å². The first kappa shape index (κ1) is 13.9. The molecule has 0 aromatic heterocycles. The minimum atomic E-state index is 0.487. The van der Waals surface area contributed by atoms with E-state index in [-0.39, 0.29) is 0 Å². The first-order valence-electron chi connectivity index (χ1n) is 7.93. The van der Waals surface area contributed by atoms with Gasteiger partial charge in [-0.3, -0.25) is 0 Å². The molecule has 0 bridgehead atoms. The summed E-state index contributed by atoms with van der Waals surface area (Å²) in [5, 5.41) is 3.79. The van der Waals surface area contributed by atoms with Gasteiger partial charge in [0.25, 0.3) is 0 Å². The van der Waals surface area contributed by atoms with Crippen molar-refractivity contribution in [1.29, 1.82) is 0 Å². The van der Waals surface area contributed by atoms with E-state index in [0.29, 0.717) is 17.9 Å². The molecule has 3 heteroatoms. The van der Waals surface area contributed by atoms with Crippen LogP contribution in [-0.4, -0.2) is 32.4 Å². The molecule has 2 atom stereocenters. The molecule has 20 heavy (non-hydrogen) atoms. The van der Waals surface area contributed by atoms with Gasteiger partial charge in [-0.15, -0.1) is 0 Å². The molecule has 3 nitrogen and oxygen atoms in total. The van der Waals surface area contributed by atoms with Gasteiger partial charge in [-0.2, -0.15) is 0 Å². The first-order valence-corrected chi connectivity index (χ1v) is 7.93. The molecule has 2 heterocycles. The van der Waals surface area contributed by atoms with Crippen molar-refractivity contribution in [3.8, 4) is 5.75 Å². The third kappa shape index (κ3) is 2.84. The van der Waals surface area contributed by atoms with Crippen LogP contribution >= 0.6 is 0 Å². The largest absolute Gasteiger partial charge is 0.493 e. The summed E-state index contributed by atoms with van der Waals surface area (Å²) < 4.78 is 11.4. The van der Waals surface area contributed by atoms with E-state index in [9.17, 15) is 0 Å². The molecule has 1 fully saturated rings. The maximum absolute atomic E-state index is 5.89. The van der Waals surface area contributed by atoms with Gasteiger partial charge < -0.3 is 14.8 Å². The normalized spacial score (nSPS) is 24.1. The van der Waals surface area contributed by atoms with Crippen LogP contribution < -0.4 is 10.1 Å². The molecule has 0 radical (unpaired) electrons. The van der Waals surface area contributed by atoms with Crippen LogP contribution in [0.3, 0.4) is 0 Å². The molecule has 1 N–H and O–H groups in total. The minimum absolute atomic E-state index is 0.487. The summed E-state index contributed by atoms with van der Waals surface area (Å²) in [5.74, 6) is 2.27. The van der Waals surface area contributed by atoms with Gasteiger partial charge in [-0.1, -0.05) is 25.1 Å². The van der Waals surface area contributed by atoms with Gasteiger partial charge in [0.1, 0.15) is 5.75 Å². The van der Waals surface area contributed by atoms with Crippen LogP contribution in [0.15, 0.2) is 24.3 Å². The number of hydrogen-bond donors (Lipinski definition) is 1. The number of rotatable bonds is 5. The van der Waals surface area contributed by atoms with Crippen molar-refractivity contribution in [2.45, 2.75) is 38.1 Å². The van der Waals surface area contributed by atoms with E-state index >= 15 is 0 Å². The number of hydrogen-bond acceptors (Lipinski definition) is 3. The number of fused-ring (bicyclic) bond motifs is 1. The molecule has 1 saturated heterocycles. The van der Waals surface area contributed by atoms with Gasteiger partial charge in [-0.25, -0.2) is 0 Å². The third-order valence-corrected chi connectivity index (χ3v) is 4.57. The van der Waals surface area contributed by atoms with E-state index in [1.165, 1.54) is 24.8 Å². The highest BCUT2D eigenvalue weighted by molar-refractivity contribution is 5.40. The average molecular weight is 275 g/mol. The van der Waals surface area contributed by atoms with Gasteiger partial charge in [-0.05, 0) is 37.8 Å². The van der Waals surface area contributed by atoms with Gasteiger partial charge in [0.05, 0.1) is 6.61 Å². The van der Waals surface area contributed by atoms with Gasteiger partial charge in [0.2, 0.25) is 0 Å². The molecule has 1 aromatic rings. The standard InChI is InChI=1S/C17H25NO2/c1-2-9-18-17(13-7-10-19-11-8-13)15-12-20-16-6-4-3-5-14(15)16/h3-6,13,15,17-18H,2,7-12H2,1H3. The highest BCUT2D eigenvalue weighted by Crippen LogP contribution is 2.39. The van der Waals surface area contributed by atoms with Crippen LogP contribution in [0.5, 0.6) is 5.75 Å². The van der Waals surface area contributed by atoms with Crippen molar-refractivity contribution in [2.24, 2.45) is 5.92 Å². The summed E-state index contributed by atoms with van der Waals surface area (Å²) in [6.45, 7) is 5.94. The fraction of sp³-hybridized carbons (Fsp3) is 0.647. The van der Waals surface area contributed by atoms with Crippen molar-refractivity contribution >= 4 is 0 Å². The fourth-order valence-electron chi connectivity index (χ4n) is 3.51. The maximum Gasteiger partial charge on any atom is 0.122 e. The summed E-state index contributed by atoms with van der Waals surface area (Å²) in [4.78, 5) is 0.